The fourth-order valence-corrected chi connectivity index (χ4v) is 3.37. The van der Waals surface area contributed by atoms with Crippen molar-refractivity contribution in [1.82, 2.24) is 10.2 Å². The lowest BCUT2D eigenvalue weighted by molar-refractivity contribution is -0.130. The number of rotatable bonds is 6. The molecular weight excluding hydrogens is 256 g/mol. The van der Waals surface area contributed by atoms with Crippen LogP contribution in [0.4, 0.5) is 0 Å². The van der Waals surface area contributed by atoms with Crippen molar-refractivity contribution >= 4 is 17.2 Å². The Labute approximate surface area is 120 Å². The highest BCUT2D eigenvalue weighted by molar-refractivity contribution is 7.10. The van der Waals surface area contributed by atoms with Gasteiger partial charge in [0.1, 0.15) is 6.17 Å². The number of nitrogens with one attached hydrogen (secondary N) is 1. The zero-order chi connectivity index (χ0) is 13.8. The summed E-state index contributed by atoms with van der Waals surface area (Å²) < 4.78 is 0. The van der Waals surface area contributed by atoms with Gasteiger partial charge < -0.3 is 4.90 Å². The van der Waals surface area contributed by atoms with E-state index >= 15 is 0 Å². The Morgan fingerprint density at radius 1 is 1.47 bits per heavy atom. The molecule has 106 valence electrons. The predicted molar refractivity (Wildman–Crippen MR) is 80.1 cm³/mol. The SMILES string of the molecule is CCCCN1C(=O)C(CC(C)C)NC1c1cccs1. The fraction of sp³-hybridized carbons (Fsp3) is 0.667. The van der Waals surface area contributed by atoms with E-state index in [9.17, 15) is 4.79 Å². The molecule has 0 saturated carbocycles. The molecule has 1 N–H and O–H groups in total. The Morgan fingerprint density at radius 3 is 2.84 bits per heavy atom. The molecule has 0 aliphatic carbocycles. The van der Waals surface area contributed by atoms with Gasteiger partial charge in [-0.05, 0) is 30.2 Å². The molecule has 1 aromatic rings. The van der Waals surface area contributed by atoms with E-state index in [0.717, 1.165) is 25.8 Å². The first-order chi connectivity index (χ1) is 9.13. The Balaban J connectivity index is 2.13. The first-order valence-electron chi connectivity index (χ1n) is 7.23. The van der Waals surface area contributed by atoms with Gasteiger partial charge in [0, 0.05) is 11.4 Å². The summed E-state index contributed by atoms with van der Waals surface area (Å²) in [6, 6.07) is 4.16. The molecule has 2 atom stereocenters. The Morgan fingerprint density at radius 2 is 2.26 bits per heavy atom. The number of thiophene rings is 1. The molecule has 1 fully saturated rings. The molecule has 1 amide bonds. The first-order valence-corrected chi connectivity index (χ1v) is 8.11. The standard InChI is InChI=1S/C15H24N2OS/c1-4-5-8-17-14(13-7-6-9-19-13)16-12(15(17)18)10-11(2)3/h6-7,9,11-12,14,16H,4-5,8,10H2,1-3H3. The van der Waals surface area contributed by atoms with Gasteiger partial charge in [0.05, 0.1) is 6.04 Å². The molecule has 1 saturated heterocycles. The van der Waals surface area contributed by atoms with E-state index in [2.05, 4.69) is 43.6 Å². The van der Waals surface area contributed by atoms with Crippen LogP contribution in [0.2, 0.25) is 0 Å². The lowest BCUT2D eigenvalue weighted by atomic mass is 10.0. The van der Waals surface area contributed by atoms with E-state index in [1.165, 1.54) is 4.88 Å². The molecule has 1 aliphatic heterocycles. The van der Waals surface area contributed by atoms with Gasteiger partial charge in [0.25, 0.3) is 0 Å². The Hall–Kier alpha value is -0.870. The highest BCUT2D eigenvalue weighted by atomic mass is 32.1. The summed E-state index contributed by atoms with van der Waals surface area (Å²) in [5, 5.41) is 5.60. The molecule has 0 aromatic carbocycles. The minimum Gasteiger partial charge on any atom is -0.321 e. The average Bonchev–Trinajstić information content (AvgIpc) is 2.97. The van der Waals surface area contributed by atoms with Gasteiger partial charge in [-0.15, -0.1) is 11.3 Å². The van der Waals surface area contributed by atoms with Crippen molar-refractivity contribution in [2.24, 2.45) is 5.92 Å². The number of amides is 1. The normalized spacial score (nSPS) is 23.6. The quantitative estimate of drug-likeness (QED) is 0.866. The van der Waals surface area contributed by atoms with Crippen molar-refractivity contribution in [3.63, 3.8) is 0 Å². The number of hydrogen-bond acceptors (Lipinski definition) is 3. The van der Waals surface area contributed by atoms with Gasteiger partial charge in [-0.3, -0.25) is 10.1 Å². The van der Waals surface area contributed by atoms with Gasteiger partial charge in [0.15, 0.2) is 0 Å². The summed E-state index contributed by atoms with van der Waals surface area (Å²) >= 11 is 1.72. The molecule has 3 nitrogen and oxygen atoms in total. The van der Waals surface area contributed by atoms with Gasteiger partial charge in [-0.25, -0.2) is 0 Å². The van der Waals surface area contributed by atoms with Crippen LogP contribution in [0.15, 0.2) is 17.5 Å². The molecule has 0 radical (unpaired) electrons. The molecule has 4 heteroatoms. The summed E-state index contributed by atoms with van der Waals surface area (Å²) in [5.41, 5.74) is 0. The zero-order valence-electron chi connectivity index (χ0n) is 12.1. The van der Waals surface area contributed by atoms with Crippen LogP contribution in [0.1, 0.15) is 51.1 Å². The maximum absolute atomic E-state index is 12.5. The van der Waals surface area contributed by atoms with E-state index in [0.29, 0.717) is 5.92 Å². The summed E-state index contributed by atoms with van der Waals surface area (Å²) in [4.78, 5) is 15.8. The van der Waals surface area contributed by atoms with Crippen molar-refractivity contribution in [3.8, 4) is 0 Å². The van der Waals surface area contributed by atoms with Gasteiger partial charge >= 0.3 is 0 Å². The van der Waals surface area contributed by atoms with Crippen molar-refractivity contribution in [2.45, 2.75) is 52.2 Å². The van der Waals surface area contributed by atoms with Crippen molar-refractivity contribution in [1.29, 1.82) is 0 Å². The zero-order valence-corrected chi connectivity index (χ0v) is 12.9. The van der Waals surface area contributed by atoms with Crippen LogP contribution >= 0.6 is 11.3 Å². The van der Waals surface area contributed by atoms with Crippen LogP contribution in [0.5, 0.6) is 0 Å². The fourth-order valence-electron chi connectivity index (χ4n) is 2.57. The largest absolute Gasteiger partial charge is 0.321 e. The van der Waals surface area contributed by atoms with E-state index in [1.54, 1.807) is 11.3 Å². The lowest BCUT2D eigenvalue weighted by Crippen LogP contribution is -2.32. The Bertz CT molecular complexity index is 402. The van der Waals surface area contributed by atoms with Crippen LogP contribution in [0.25, 0.3) is 0 Å². The summed E-state index contributed by atoms with van der Waals surface area (Å²) in [5.74, 6) is 0.817. The first kappa shape index (κ1) is 14.5. The van der Waals surface area contributed by atoms with Crippen LogP contribution in [0.3, 0.4) is 0 Å². The average molecular weight is 280 g/mol. The third kappa shape index (κ3) is 3.37. The van der Waals surface area contributed by atoms with E-state index in [4.69, 9.17) is 0 Å². The lowest BCUT2D eigenvalue weighted by Gasteiger charge is -2.23. The molecule has 0 spiro atoms. The van der Waals surface area contributed by atoms with Crippen molar-refractivity contribution in [3.05, 3.63) is 22.4 Å². The highest BCUT2D eigenvalue weighted by Crippen LogP contribution is 2.30. The van der Waals surface area contributed by atoms with Crippen molar-refractivity contribution in [2.75, 3.05) is 6.54 Å². The molecule has 1 aromatic heterocycles. The predicted octanol–water partition coefficient (Wildman–Crippen LogP) is 3.39. The molecule has 2 rings (SSSR count). The second-order valence-corrected chi connectivity index (χ2v) is 6.63. The maximum atomic E-state index is 12.5. The van der Waals surface area contributed by atoms with Crippen LogP contribution in [-0.2, 0) is 4.79 Å². The number of carbonyl (C=O) groups is 1. The summed E-state index contributed by atoms with van der Waals surface area (Å²) in [7, 11) is 0. The molecule has 2 heterocycles. The van der Waals surface area contributed by atoms with Crippen molar-refractivity contribution < 1.29 is 4.79 Å². The van der Waals surface area contributed by atoms with E-state index in [1.807, 2.05) is 4.90 Å². The van der Waals surface area contributed by atoms with E-state index in [-0.39, 0.29) is 18.1 Å². The minimum atomic E-state index is -0.0102. The third-order valence-electron chi connectivity index (χ3n) is 3.52. The molecular formula is C15H24N2OS. The van der Waals surface area contributed by atoms with Crippen LogP contribution < -0.4 is 5.32 Å². The number of hydrogen-bond donors (Lipinski definition) is 1. The Kier molecular flexibility index (Phi) is 4.99. The summed E-state index contributed by atoms with van der Waals surface area (Å²) in [6.45, 7) is 7.37. The third-order valence-corrected chi connectivity index (χ3v) is 4.45. The van der Waals surface area contributed by atoms with Crippen LogP contribution in [-0.4, -0.2) is 23.4 Å². The smallest absolute Gasteiger partial charge is 0.241 e. The minimum absolute atomic E-state index is 0.0102. The molecule has 2 unspecified atom stereocenters. The highest BCUT2D eigenvalue weighted by Gasteiger charge is 2.39. The monoisotopic (exact) mass is 280 g/mol. The van der Waals surface area contributed by atoms with Crippen LogP contribution in [0, 0.1) is 5.92 Å². The topological polar surface area (TPSA) is 32.3 Å². The number of nitrogens with zero attached hydrogens (tertiary/aromatic N) is 1. The number of unbranched alkanes of at least 4 members (excludes halogenated alkanes) is 1. The van der Waals surface area contributed by atoms with Gasteiger partial charge in [-0.2, -0.15) is 0 Å². The number of carbonyl (C=O) groups excluding carboxylic acids is 1. The molecule has 0 bridgehead atoms. The summed E-state index contributed by atoms with van der Waals surface area (Å²) in [6.07, 6.45) is 3.20. The van der Waals surface area contributed by atoms with Gasteiger partial charge in [0.2, 0.25) is 5.91 Å². The molecule has 1 aliphatic rings. The maximum Gasteiger partial charge on any atom is 0.241 e. The molecule has 19 heavy (non-hydrogen) atoms. The van der Waals surface area contributed by atoms with E-state index < -0.39 is 0 Å². The second-order valence-electron chi connectivity index (χ2n) is 5.65. The second kappa shape index (κ2) is 6.53. The van der Waals surface area contributed by atoms with Gasteiger partial charge in [-0.1, -0.05) is 33.3 Å².